The van der Waals surface area contributed by atoms with E-state index in [-0.39, 0.29) is 29.6 Å². The number of nitriles is 1. The minimum absolute atomic E-state index is 0.0278. The van der Waals surface area contributed by atoms with Crippen LogP contribution in [0.4, 0.5) is 0 Å². The quantitative estimate of drug-likeness (QED) is 0.844. The largest absolute Gasteiger partial charge is 0.481 e. The van der Waals surface area contributed by atoms with Crippen molar-refractivity contribution in [2.45, 2.75) is 50.9 Å². The molecule has 1 aromatic carbocycles. The molecule has 0 radical (unpaired) electrons. The highest BCUT2D eigenvalue weighted by atomic mass is 16.5. The van der Waals surface area contributed by atoms with Crippen molar-refractivity contribution in [3.05, 3.63) is 48.4 Å². The summed E-state index contributed by atoms with van der Waals surface area (Å²) in [6.07, 6.45) is 5.56. The molecule has 1 amide bonds. The fourth-order valence-corrected chi connectivity index (χ4v) is 3.05. The van der Waals surface area contributed by atoms with E-state index in [2.05, 4.69) is 15.3 Å². The first-order valence-corrected chi connectivity index (χ1v) is 9.05. The van der Waals surface area contributed by atoms with Crippen LogP contribution in [-0.4, -0.2) is 34.1 Å². The minimum Gasteiger partial charge on any atom is -0.481 e. The fraction of sp³-hybridized carbons (Fsp3) is 0.400. The summed E-state index contributed by atoms with van der Waals surface area (Å²) in [5.74, 6) is 0.829. The molecule has 27 heavy (non-hydrogen) atoms. The van der Waals surface area contributed by atoms with Crippen molar-refractivity contribution in [2.75, 3.05) is 0 Å². The lowest BCUT2D eigenvalue weighted by atomic mass is 9.93. The summed E-state index contributed by atoms with van der Waals surface area (Å²) in [4.78, 5) is 20.4. The number of amides is 1. The van der Waals surface area contributed by atoms with Crippen LogP contribution in [0.1, 0.15) is 38.3 Å². The van der Waals surface area contributed by atoms with E-state index in [1.54, 1.807) is 6.92 Å². The second kappa shape index (κ2) is 8.99. The summed E-state index contributed by atoms with van der Waals surface area (Å²) in [6.45, 7) is 1.74. The van der Waals surface area contributed by atoms with Crippen LogP contribution in [0, 0.1) is 11.3 Å². The van der Waals surface area contributed by atoms with E-state index < -0.39 is 6.10 Å². The van der Waals surface area contributed by atoms with Gasteiger partial charge in [0.2, 0.25) is 5.69 Å². The first kappa shape index (κ1) is 18.6. The number of benzene rings is 1. The number of aromatic nitrogens is 2. The standard InChI is InChI=1S/C20H22N4O3/c1-14(26-16-5-3-2-4-6-16)19(25)24-15-7-9-17(10-8-15)27-20-18(13-21)22-11-12-23-20/h2-6,11-12,14-15,17H,7-10H2,1H3,(H,24,25). The maximum Gasteiger partial charge on any atom is 0.260 e. The van der Waals surface area contributed by atoms with Crippen LogP contribution in [0.25, 0.3) is 0 Å². The third-order valence-corrected chi connectivity index (χ3v) is 4.49. The average Bonchev–Trinajstić information content (AvgIpc) is 2.70. The summed E-state index contributed by atoms with van der Waals surface area (Å²) in [5.41, 5.74) is 0.194. The number of carbonyl (C=O) groups is 1. The summed E-state index contributed by atoms with van der Waals surface area (Å²) in [5, 5.41) is 12.1. The lowest BCUT2D eigenvalue weighted by Crippen LogP contribution is -2.45. The Morgan fingerprint density at radius 3 is 2.59 bits per heavy atom. The molecular weight excluding hydrogens is 344 g/mol. The Labute approximate surface area is 158 Å². The normalized spacial score (nSPS) is 20.1. The van der Waals surface area contributed by atoms with Gasteiger partial charge in [0, 0.05) is 18.4 Å². The number of hydrogen-bond acceptors (Lipinski definition) is 6. The Hall–Kier alpha value is -3.14. The lowest BCUT2D eigenvalue weighted by molar-refractivity contribution is -0.128. The highest BCUT2D eigenvalue weighted by molar-refractivity contribution is 5.81. The Morgan fingerprint density at radius 1 is 1.19 bits per heavy atom. The second-order valence-electron chi connectivity index (χ2n) is 6.50. The molecule has 1 N–H and O–H groups in total. The van der Waals surface area contributed by atoms with Crippen LogP contribution in [0.2, 0.25) is 0 Å². The molecule has 0 bridgehead atoms. The monoisotopic (exact) mass is 366 g/mol. The molecule has 2 aromatic rings. The van der Waals surface area contributed by atoms with Crippen molar-refractivity contribution in [1.29, 1.82) is 5.26 Å². The van der Waals surface area contributed by atoms with Gasteiger partial charge in [-0.05, 0) is 44.7 Å². The van der Waals surface area contributed by atoms with E-state index in [4.69, 9.17) is 14.7 Å². The molecule has 7 nitrogen and oxygen atoms in total. The highest BCUT2D eigenvalue weighted by Gasteiger charge is 2.26. The van der Waals surface area contributed by atoms with Gasteiger partial charge in [0.25, 0.3) is 11.8 Å². The average molecular weight is 366 g/mol. The SMILES string of the molecule is CC(Oc1ccccc1)C(=O)NC1CCC(Oc2nccnc2C#N)CC1. The molecule has 1 unspecified atom stereocenters. The van der Waals surface area contributed by atoms with Crippen LogP contribution in [0.15, 0.2) is 42.7 Å². The van der Waals surface area contributed by atoms with Gasteiger partial charge in [0.05, 0.1) is 0 Å². The third kappa shape index (κ3) is 5.17. The molecule has 0 spiro atoms. The van der Waals surface area contributed by atoms with E-state index in [0.29, 0.717) is 5.75 Å². The van der Waals surface area contributed by atoms with Gasteiger partial charge in [-0.15, -0.1) is 0 Å². The van der Waals surface area contributed by atoms with E-state index in [1.807, 2.05) is 36.4 Å². The van der Waals surface area contributed by atoms with Gasteiger partial charge in [-0.25, -0.2) is 9.97 Å². The van der Waals surface area contributed by atoms with Crippen LogP contribution in [0.5, 0.6) is 11.6 Å². The Bertz CT molecular complexity index is 798. The van der Waals surface area contributed by atoms with E-state index >= 15 is 0 Å². The predicted octanol–water partition coefficient (Wildman–Crippen LogP) is 2.62. The molecule has 1 fully saturated rings. The van der Waals surface area contributed by atoms with Gasteiger partial charge in [-0.1, -0.05) is 18.2 Å². The Morgan fingerprint density at radius 2 is 1.89 bits per heavy atom. The van der Waals surface area contributed by atoms with Crippen molar-refractivity contribution in [3.63, 3.8) is 0 Å². The van der Waals surface area contributed by atoms with Crippen molar-refractivity contribution in [2.24, 2.45) is 0 Å². The van der Waals surface area contributed by atoms with Crippen LogP contribution in [0.3, 0.4) is 0 Å². The van der Waals surface area contributed by atoms with Crippen LogP contribution in [-0.2, 0) is 4.79 Å². The smallest absolute Gasteiger partial charge is 0.260 e. The topological polar surface area (TPSA) is 97.1 Å². The van der Waals surface area contributed by atoms with Crippen molar-refractivity contribution >= 4 is 5.91 Å². The maximum atomic E-state index is 12.4. The van der Waals surface area contributed by atoms with Crippen LogP contribution >= 0.6 is 0 Å². The molecule has 1 atom stereocenters. The molecule has 0 aliphatic heterocycles. The van der Waals surface area contributed by atoms with Gasteiger partial charge < -0.3 is 14.8 Å². The maximum absolute atomic E-state index is 12.4. The molecule has 1 aliphatic carbocycles. The molecule has 7 heteroatoms. The van der Waals surface area contributed by atoms with Crippen molar-refractivity contribution in [3.8, 4) is 17.7 Å². The third-order valence-electron chi connectivity index (χ3n) is 4.49. The fourth-order valence-electron chi connectivity index (χ4n) is 3.05. The first-order chi connectivity index (χ1) is 13.2. The van der Waals surface area contributed by atoms with Gasteiger partial charge in [-0.3, -0.25) is 4.79 Å². The number of para-hydroxylation sites is 1. The number of nitrogens with one attached hydrogen (secondary N) is 1. The molecule has 140 valence electrons. The van der Waals surface area contributed by atoms with E-state index in [1.165, 1.54) is 12.4 Å². The zero-order chi connectivity index (χ0) is 19.1. The van der Waals surface area contributed by atoms with Gasteiger partial charge >= 0.3 is 0 Å². The number of carbonyl (C=O) groups excluding carboxylic acids is 1. The molecule has 1 aromatic heterocycles. The summed E-state index contributed by atoms with van der Waals surface area (Å²) in [7, 11) is 0. The lowest BCUT2D eigenvalue weighted by Gasteiger charge is -2.30. The van der Waals surface area contributed by atoms with E-state index in [0.717, 1.165) is 25.7 Å². The molecule has 0 saturated heterocycles. The predicted molar refractivity (Wildman–Crippen MR) is 98.1 cm³/mol. The van der Waals surface area contributed by atoms with Crippen molar-refractivity contribution in [1.82, 2.24) is 15.3 Å². The number of hydrogen-bond donors (Lipinski definition) is 1. The Balaban J connectivity index is 1.45. The highest BCUT2D eigenvalue weighted by Crippen LogP contribution is 2.24. The Kier molecular flexibility index (Phi) is 6.21. The molecule has 1 aliphatic rings. The van der Waals surface area contributed by atoms with Gasteiger partial charge in [0.1, 0.15) is 17.9 Å². The van der Waals surface area contributed by atoms with Crippen molar-refractivity contribution < 1.29 is 14.3 Å². The number of rotatable bonds is 6. The number of nitrogens with zero attached hydrogens (tertiary/aromatic N) is 3. The zero-order valence-electron chi connectivity index (χ0n) is 15.2. The molecule has 1 heterocycles. The molecule has 1 saturated carbocycles. The molecule has 3 rings (SSSR count). The number of ether oxygens (including phenoxy) is 2. The van der Waals surface area contributed by atoms with E-state index in [9.17, 15) is 4.79 Å². The summed E-state index contributed by atoms with van der Waals surface area (Å²) >= 11 is 0. The summed E-state index contributed by atoms with van der Waals surface area (Å²) < 4.78 is 11.5. The zero-order valence-corrected chi connectivity index (χ0v) is 15.2. The second-order valence-corrected chi connectivity index (χ2v) is 6.50. The van der Waals surface area contributed by atoms with Gasteiger partial charge in [0.15, 0.2) is 6.10 Å². The minimum atomic E-state index is -0.556. The van der Waals surface area contributed by atoms with Gasteiger partial charge in [-0.2, -0.15) is 5.26 Å². The first-order valence-electron chi connectivity index (χ1n) is 9.05. The van der Waals surface area contributed by atoms with Crippen LogP contribution < -0.4 is 14.8 Å². The molecular formula is C20H22N4O3. The summed E-state index contributed by atoms with van der Waals surface area (Å²) in [6, 6.07) is 11.4.